The fourth-order valence-corrected chi connectivity index (χ4v) is 3.49. The van der Waals surface area contributed by atoms with Crippen molar-refractivity contribution in [2.45, 2.75) is 6.42 Å². The molecular weight excluding hydrogens is 375 g/mol. The average Bonchev–Trinajstić information content (AvgIpc) is 3.39. The molecule has 0 saturated heterocycles. The van der Waals surface area contributed by atoms with E-state index in [1.807, 2.05) is 35.7 Å². The van der Waals surface area contributed by atoms with Gasteiger partial charge >= 0.3 is 0 Å². The fourth-order valence-electron chi connectivity index (χ4n) is 2.81. The van der Waals surface area contributed by atoms with Crippen LogP contribution in [-0.2, 0) is 6.42 Å². The van der Waals surface area contributed by atoms with E-state index in [2.05, 4.69) is 15.4 Å². The van der Waals surface area contributed by atoms with E-state index in [0.29, 0.717) is 30.0 Å². The lowest BCUT2D eigenvalue weighted by molar-refractivity contribution is 0.0946. The number of carbonyl (C=O) groups excluding carboxylic acids is 1. The third kappa shape index (κ3) is 3.99. The second-order valence-corrected chi connectivity index (χ2v) is 7.06. The number of hydrogen-bond donors (Lipinski definition) is 1. The minimum atomic E-state index is -0.337. The fraction of sp³-hybridized carbons (Fsp3) is 0.0952. The number of hydrogen-bond acceptors (Lipinski definition) is 4. The van der Waals surface area contributed by atoms with Crippen LogP contribution in [0.15, 0.2) is 72.2 Å². The van der Waals surface area contributed by atoms with Crippen molar-refractivity contribution in [1.82, 2.24) is 20.1 Å². The van der Waals surface area contributed by atoms with Gasteiger partial charge in [-0.1, -0.05) is 12.1 Å². The number of nitrogens with one attached hydrogen (secondary N) is 1. The summed E-state index contributed by atoms with van der Waals surface area (Å²) in [6.07, 6.45) is 2.36. The predicted octanol–water partition coefficient (Wildman–Crippen LogP) is 4.11. The topological polar surface area (TPSA) is 59.8 Å². The summed E-state index contributed by atoms with van der Waals surface area (Å²) in [5.74, 6) is -0.577. The highest BCUT2D eigenvalue weighted by molar-refractivity contribution is 7.13. The van der Waals surface area contributed by atoms with Crippen LogP contribution in [0.1, 0.15) is 16.2 Å². The van der Waals surface area contributed by atoms with Crippen molar-refractivity contribution in [3.05, 3.63) is 89.4 Å². The van der Waals surface area contributed by atoms with E-state index in [1.165, 1.54) is 12.1 Å². The van der Waals surface area contributed by atoms with Crippen LogP contribution in [0, 0.1) is 5.82 Å². The molecule has 3 heterocycles. The number of nitrogens with zero attached hydrogens (tertiary/aromatic N) is 3. The van der Waals surface area contributed by atoms with Gasteiger partial charge in [0.15, 0.2) is 0 Å². The highest BCUT2D eigenvalue weighted by atomic mass is 32.1. The predicted molar refractivity (Wildman–Crippen MR) is 107 cm³/mol. The summed E-state index contributed by atoms with van der Waals surface area (Å²) in [7, 11) is 0. The Balaban J connectivity index is 1.58. The van der Waals surface area contributed by atoms with Crippen molar-refractivity contribution >= 4 is 17.2 Å². The summed E-state index contributed by atoms with van der Waals surface area (Å²) in [5.41, 5.74) is 2.64. The highest BCUT2D eigenvalue weighted by Gasteiger charge is 2.18. The summed E-state index contributed by atoms with van der Waals surface area (Å²) in [4.78, 5) is 18.0. The van der Waals surface area contributed by atoms with Crippen LogP contribution in [0.25, 0.3) is 16.3 Å². The van der Waals surface area contributed by atoms with Gasteiger partial charge in [-0.05, 0) is 53.9 Å². The van der Waals surface area contributed by atoms with Gasteiger partial charge in [0.2, 0.25) is 0 Å². The average molecular weight is 392 g/mol. The zero-order valence-electron chi connectivity index (χ0n) is 14.9. The van der Waals surface area contributed by atoms with Gasteiger partial charge in [0.25, 0.3) is 5.91 Å². The summed E-state index contributed by atoms with van der Waals surface area (Å²) in [6, 6.07) is 17.2. The maximum Gasteiger partial charge on any atom is 0.270 e. The van der Waals surface area contributed by atoms with Crippen LogP contribution >= 0.6 is 11.3 Å². The Bertz CT molecular complexity index is 1060. The Morgan fingerprint density at radius 2 is 1.96 bits per heavy atom. The van der Waals surface area contributed by atoms with Gasteiger partial charge in [-0.15, -0.1) is 11.3 Å². The molecule has 0 bridgehead atoms. The highest BCUT2D eigenvalue weighted by Crippen LogP contribution is 2.25. The van der Waals surface area contributed by atoms with Crippen LogP contribution in [0.5, 0.6) is 0 Å². The van der Waals surface area contributed by atoms with Crippen LogP contribution in [0.2, 0.25) is 0 Å². The minimum Gasteiger partial charge on any atom is -0.350 e. The van der Waals surface area contributed by atoms with Gasteiger partial charge in [0, 0.05) is 24.9 Å². The van der Waals surface area contributed by atoms with Gasteiger partial charge in [-0.25, -0.2) is 9.07 Å². The number of aromatic nitrogens is 3. The van der Waals surface area contributed by atoms with Gasteiger partial charge in [-0.2, -0.15) is 5.10 Å². The normalized spacial score (nSPS) is 10.8. The summed E-state index contributed by atoms with van der Waals surface area (Å²) in [6.45, 7) is 0.457. The van der Waals surface area contributed by atoms with Crippen molar-refractivity contribution in [2.24, 2.45) is 0 Å². The molecule has 4 rings (SSSR count). The van der Waals surface area contributed by atoms with Crippen LogP contribution in [0.4, 0.5) is 4.39 Å². The van der Waals surface area contributed by atoms with Crippen LogP contribution < -0.4 is 5.32 Å². The molecule has 0 unspecified atom stereocenters. The molecule has 140 valence electrons. The number of pyridine rings is 1. The molecule has 1 aromatic carbocycles. The number of amides is 1. The Morgan fingerprint density at radius 3 is 2.68 bits per heavy atom. The second-order valence-electron chi connectivity index (χ2n) is 6.11. The molecular formula is C21H17FN4OS. The quantitative estimate of drug-likeness (QED) is 0.537. The maximum atomic E-state index is 13.3. The molecule has 0 aliphatic heterocycles. The zero-order chi connectivity index (χ0) is 19.3. The largest absolute Gasteiger partial charge is 0.350 e. The first-order valence-corrected chi connectivity index (χ1v) is 9.67. The number of carbonyl (C=O) groups is 1. The molecule has 1 N–H and O–H groups in total. The van der Waals surface area contributed by atoms with E-state index in [0.717, 1.165) is 10.6 Å². The molecule has 28 heavy (non-hydrogen) atoms. The smallest absolute Gasteiger partial charge is 0.270 e. The number of rotatable bonds is 6. The zero-order valence-corrected chi connectivity index (χ0v) is 15.7. The lowest BCUT2D eigenvalue weighted by atomic mass is 10.2. The molecule has 0 fully saturated rings. The Labute approximate surface area is 165 Å². The third-order valence-corrected chi connectivity index (χ3v) is 5.07. The summed E-state index contributed by atoms with van der Waals surface area (Å²) >= 11 is 1.55. The second kappa shape index (κ2) is 8.14. The van der Waals surface area contributed by atoms with Crippen molar-refractivity contribution < 1.29 is 9.18 Å². The van der Waals surface area contributed by atoms with Crippen molar-refractivity contribution in [3.63, 3.8) is 0 Å². The van der Waals surface area contributed by atoms with Gasteiger partial charge < -0.3 is 5.32 Å². The van der Waals surface area contributed by atoms with Crippen LogP contribution in [-0.4, -0.2) is 27.2 Å². The van der Waals surface area contributed by atoms with Crippen molar-refractivity contribution in [2.75, 3.05) is 6.54 Å². The van der Waals surface area contributed by atoms with E-state index in [-0.39, 0.29) is 11.7 Å². The molecule has 3 aromatic heterocycles. The van der Waals surface area contributed by atoms with Crippen molar-refractivity contribution in [3.8, 4) is 16.3 Å². The van der Waals surface area contributed by atoms with Gasteiger partial charge in [0.05, 0.1) is 10.6 Å². The molecule has 0 aliphatic carbocycles. The lowest BCUT2D eigenvalue weighted by Gasteiger charge is -2.08. The third-order valence-electron chi connectivity index (χ3n) is 4.18. The number of benzene rings is 1. The van der Waals surface area contributed by atoms with E-state index < -0.39 is 0 Å². The van der Waals surface area contributed by atoms with E-state index in [4.69, 9.17) is 0 Å². The van der Waals surface area contributed by atoms with Crippen molar-refractivity contribution in [1.29, 1.82) is 0 Å². The first kappa shape index (κ1) is 18.1. The molecule has 7 heteroatoms. The summed E-state index contributed by atoms with van der Waals surface area (Å²) in [5, 5.41) is 9.45. The molecule has 0 aliphatic rings. The monoisotopic (exact) mass is 392 g/mol. The van der Waals surface area contributed by atoms with Gasteiger partial charge in [0.1, 0.15) is 17.2 Å². The Morgan fingerprint density at radius 1 is 1.11 bits per heavy atom. The molecule has 1 amide bonds. The van der Waals surface area contributed by atoms with Crippen LogP contribution in [0.3, 0.4) is 0 Å². The SMILES string of the molecule is O=C(NCCc1ccccn1)c1cc(-c2cccs2)nn1-c1ccc(F)cc1. The first-order chi connectivity index (χ1) is 13.7. The molecule has 4 aromatic rings. The molecule has 0 saturated carbocycles. The van der Waals surface area contributed by atoms with E-state index >= 15 is 0 Å². The molecule has 0 spiro atoms. The molecule has 0 atom stereocenters. The Kier molecular flexibility index (Phi) is 5.25. The minimum absolute atomic E-state index is 0.240. The maximum absolute atomic E-state index is 13.3. The van der Waals surface area contributed by atoms with E-state index in [1.54, 1.807) is 40.4 Å². The first-order valence-electron chi connectivity index (χ1n) is 8.79. The summed E-state index contributed by atoms with van der Waals surface area (Å²) < 4.78 is 14.9. The molecule has 5 nitrogen and oxygen atoms in total. The molecule has 0 radical (unpaired) electrons. The Hall–Kier alpha value is -3.32. The van der Waals surface area contributed by atoms with Gasteiger partial charge in [-0.3, -0.25) is 9.78 Å². The lowest BCUT2D eigenvalue weighted by Crippen LogP contribution is -2.28. The number of halogens is 1. The standard InChI is InChI=1S/C21H17FN4OS/c22-15-6-8-17(9-7-15)26-19(14-18(25-26)20-5-3-13-28-20)21(27)24-12-10-16-4-1-2-11-23-16/h1-9,11,13-14H,10,12H2,(H,24,27). The number of thiophene rings is 1. The van der Waals surface area contributed by atoms with E-state index in [9.17, 15) is 9.18 Å².